The van der Waals surface area contributed by atoms with Crippen LogP contribution in [-0.4, -0.2) is 58.2 Å². The summed E-state index contributed by atoms with van der Waals surface area (Å²) in [6, 6.07) is -1.41. The van der Waals surface area contributed by atoms with Crippen molar-refractivity contribution < 1.29 is 24.0 Å². The van der Waals surface area contributed by atoms with Gasteiger partial charge < -0.3 is 5.32 Å². The Labute approximate surface area is 163 Å². The molecule has 0 spiro atoms. The van der Waals surface area contributed by atoms with E-state index in [1.807, 2.05) is 0 Å². The molecule has 7 amide bonds. The highest BCUT2D eigenvalue weighted by molar-refractivity contribution is 6.45. The summed E-state index contributed by atoms with van der Waals surface area (Å²) in [5.74, 6) is -0.796. The lowest BCUT2D eigenvalue weighted by Crippen LogP contribution is -2.62. The summed E-state index contributed by atoms with van der Waals surface area (Å²) < 4.78 is 0. The maximum absolute atomic E-state index is 12.4. The summed E-state index contributed by atoms with van der Waals surface area (Å²) in [4.78, 5) is 62.0. The Morgan fingerprint density at radius 2 is 1.50 bits per heavy atom. The van der Waals surface area contributed by atoms with Crippen molar-refractivity contribution in [3.05, 3.63) is 0 Å². The molecule has 9 nitrogen and oxygen atoms in total. The lowest BCUT2D eigenvalue weighted by atomic mass is 9.53. The maximum Gasteiger partial charge on any atom is 0.334 e. The van der Waals surface area contributed by atoms with Crippen LogP contribution in [-0.2, 0) is 14.4 Å². The number of urea groups is 2. The number of nitrogens with zero attached hydrogens (tertiary/aromatic N) is 2. The minimum atomic E-state index is -1.03. The summed E-state index contributed by atoms with van der Waals surface area (Å²) in [6.07, 6.45) is 7.08. The third-order valence-corrected chi connectivity index (χ3v) is 6.55. The van der Waals surface area contributed by atoms with Gasteiger partial charge in [-0.15, -0.1) is 0 Å². The molecular formula is C19H26N4O5. The molecule has 5 rings (SSSR count). The van der Waals surface area contributed by atoms with E-state index >= 15 is 0 Å². The van der Waals surface area contributed by atoms with Gasteiger partial charge in [-0.1, -0.05) is 6.92 Å². The van der Waals surface area contributed by atoms with Crippen LogP contribution in [0.2, 0.25) is 0 Å². The molecule has 5 aliphatic rings. The first-order chi connectivity index (χ1) is 13.3. The average Bonchev–Trinajstić information content (AvgIpc) is 2.78. The maximum atomic E-state index is 12.4. The van der Waals surface area contributed by atoms with Gasteiger partial charge in [-0.05, 0) is 62.7 Å². The molecule has 0 aromatic rings. The zero-order valence-corrected chi connectivity index (χ0v) is 16.0. The first-order valence-electron chi connectivity index (χ1n) is 10.1. The number of carbonyl (C=O) groups is 5. The number of rotatable bonds is 5. The molecule has 28 heavy (non-hydrogen) atoms. The van der Waals surface area contributed by atoms with E-state index in [2.05, 4.69) is 10.6 Å². The fourth-order valence-corrected chi connectivity index (χ4v) is 5.96. The molecule has 0 atom stereocenters. The Hall–Kier alpha value is -2.45. The van der Waals surface area contributed by atoms with Crippen LogP contribution in [0.4, 0.5) is 9.59 Å². The molecule has 5 fully saturated rings. The van der Waals surface area contributed by atoms with E-state index in [1.165, 1.54) is 19.3 Å². The van der Waals surface area contributed by atoms with Crippen LogP contribution in [0, 0.1) is 17.8 Å². The van der Waals surface area contributed by atoms with Gasteiger partial charge in [-0.3, -0.25) is 24.6 Å². The molecular weight excluding hydrogens is 364 g/mol. The fourth-order valence-electron chi connectivity index (χ4n) is 5.96. The summed E-state index contributed by atoms with van der Waals surface area (Å²) >= 11 is 0. The van der Waals surface area contributed by atoms with Gasteiger partial charge in [0.25, 0.3) is 0 Å². The Balaban J connectivity index is 1.33. The minimum Gasteiger partial charge on any atom is -0.332 e. The number of nitrogens with one attached hydrogen (secondary N) is 2. The van der Waals surface area contributed by atoms with Crippen molar-refractivity contribution in [2.24, 2.45) is 17.8 Å². The molecule has 1 saturated heterocycles. The van der Waals surface area contributed by atoms with Crippen molar-refractivity contribution in [2.75, 3.05) is 13.1 Å². The van der Waals surface area contributed by atoms with Crippen LogP contribution in [0.25, 0.3) is 0 Å². The van der Waals surface area contributed by atoms with Crippen molar-refractivity contribution in [1.82, 2.24) is 20.4 Å². The predicted molar refractivity (Wildman–Crippen MR) is 96.7 cm³/mol. The Morgan fingerprint density at radius 1 is 0.964 bits per heavy atom. The fraction of sp³-hybridized carbons (Fsp3) is 0.737. The number of amides is 7. The molecule has 4 saturated carbocycles. The van der Waals surface area contributed by atoms with Gasteiger partial charge in [0.1, 0.15) is 6.54 Å². The topological polar surface area (TPSA) is 116 Å². The second-order valence-corrected chi connectivity index (χ2v) is 8.83. The normalized spacial score (nSPS) is 33.6. The van der Waals surface area contributed by atoms with Gasteiger partial charge in [0.05, 0.1) is 0 Å². The molecule has 1 aliphatic heterocycles. The third-order valence-electron chi connectivity index (χ3n) is 6.55. The second-order valence-electron chi connectivity index (χ2n) is 8.83. The van der Waals surface area contributed by atoms with Crippen molar-refractivity contribution in [3.8, 4) is 0 Å². The van der Waals surface area contributed by atoms with E-state index in [0.29, 0.717) is 29.1 Å². The molecule has 0 unspecified atom stereocenters. The highest BCUT2D eigenvalue weighted by atomic mass is 16.2. The van der Waals surface area contributed by atoms with Crippen LogP contribution in [0.1, 0.15) is 51.9 Å². The highest BCUT2D eigenvalue weighted by Gasteiger charge is 2.51. The Kier molecular flexibility index (Phi) is 4.63. The molecule has 1 heterocycles. The lowest BCUT2D eigenvalue weighted by Gasteiger charge is -2.56. The molecule has 152 valence electrons. The van der Waals surface area contributed by atoms with E-state index in [-0.39, 0.29) is 12.1 Å². The van der Waals surface area contributed by atoms with Crippen molar-refractivity contribution in [1.29, 1.82) is 0 Å². The first-order valence-corrected chi connectivity index (χ1v) is 10.1. The number of hydrogen-bond acceptors (Lipinski definition) is 5. The van der Waals surface area contributed by atoms with Gasteiger partial charge in [0.15, 0.2) is 0 Å². The van der Waals surface area contributed by atoms with E-state index in [1.54, 1.807) is 6.92 Å². The van der Waals surface area contributed by atoms with E-state index in [9.17, 15) is 24.0 Å². The van der Waals surface area contributed by atoms with E-state index in [0.717, 1.165) is 24.2 Å². The largest absolute Gasteiger partial charge is 0.334 e. The summed E-state index contributed by atoms with van der Waals surface area (Å²) in [5.41, 5.74) is -0.244. The highest BCUT2D eigenvalue weighted by Crippen LogP contribution is 2.55. The van der Waals surface area contributed by atoms with Crippen molar-refractivity contribution >= 4 is 29.8 Å². The SMILES string of the molecule is CCCN1C(=O)C(=O)N(CC(=O)NC(=O)NC23CC4CC(CC(C4)C2)C3)C1=O. The van der Waals surface area contributed by atoms with Crippen molar-refractivity contribution in [2.45, 2.75) is 57.4 Å². The molecule has 0 aromatic carbocycles. The van der Waals surface area contributed by atoms with Gasteiger partial charge >= 0.3 is 23.9 Å². The van der Waals surface area contributed by atoms with Crippen LogP contribution in [0.5, 0.6) is 0 Å². The number of hydrogen-bond donors (Lipinski definition) is 2. The van der Waals surface area contributed by atoms with Crippen LogP contribution in [0.15, 0.2) is 0 Å². The molecule has 4 aliphatic carbocycles. The van der Waals surface area contributed by atoms with E-state index < -0.39 is 36.3 Å². The quantitative estimate of drug-likeness (QED) is 0.536. The van der Waals surface area contributed by atoms with Crippen LogP contribution < -0.4 is 10.6 Å². The third kappa shape index (κ3) is 3.27. The zero-order valence-electron chi connectivity index (χ0n) is 16.0. The average molecular weight is 390 g/mol. The van der Waals surface area contributed by atoms with Gasteiger partial charge in [-0.2, -0.15) is 0 Å². The van der Waals surface area contributed by atoms with Crippen LogP contribution in [0.3, 0.4) is 0 Å². The molecule has 0 radical (unpaired) electrons. The van der Waals surface area contributed by atoms with Crippen LogP contribution >= 0.6 is 0 Å². The monoisotopic (exact) mass is 390 g/mol. The number of imide groups is 3. The first kappa shape index (κ1) is 18.9. The second kappa shape index (κ2) is 6.86. The molecule has 2 N–H and O–H groups in total. The summed E-state index contributed by atoms with van der Waals surface area (Å²) in [5, 5.41) is 5.22. The standard InChI is InChI=1S/C19H26N4O5/c1-2-3-22-15(25)16(26)23(18(22)28)10-14(24)20-17(27)21-19-7-11-4-12(8-19)6-13(5-11)9-19/h11-13H,2-10H2,1H3,(H2,20,21,24,27). The van der Waals surface area contributed by atoms with Gasteiger partial charge in [0, 0.05) is 12.1 Å². The van der Waals surface area contributed by atoms with Gasteiger partial charge in [0.2, 0.25) is 5.91 Å². The molecule has 0 aromatic heterocycles. The predicted octanol–water partition coefficient (Wildman–Crippen LogP) is 0.982. The smallest absolute Gasteiger partial charge is 0.332 e. The zero-order chi connectivity index (χ0) is 20.1. The summed E-state index contributed by atoms with van der Waals surface area (Å²) in [6.45, 7) is 1.25. The summed E-state index contributed by atoms with van der Waals surface area (Å²) in [7, 11) is 0. The lowest BCUT2D eigenvalue weighted by molar-refractivity contribution is -0.143. The Bertz CT molecular complexity index is 713. The minimum absolute atomic E-state index is 0.119. The molecule has 4 bridgehead atoms. The van der Waals surface area contributed by atoms with E-state index in [4.69, 9.17) is 0 Å². The Morgan fingerprint density at radius 3 is 2.04 bits per heavy atom. The van der Waals surface area contributed by atoms with Gasteiger partial charge in [-0.25, -0.2) is 14.5 Å². The van der Waals surface area contributed by atoms with Crippen molar-refractivity contribution in [3.63, 3.8) is 0 Å². The number of carbonyl (C=O) groups excluding carboxylic acids is 5. The molecule has 9 heteroatoms.